The van der Waals surface area contributed by atoms with E-state index >= 15 is 0 Å². The Bertz CT molecular complexity index is 617. The Morgan fingerprint density at radius 3 is 2.27 bits per heavy atom. The van der Waals surface area contributed by atoms with Crippen LogP contribution in [-0.4, -0.2) is 41.9 Å². The molecule has 1 aromatic carbocycles. The topological polar surface area (TPSA) is 75.4 Å². The normalized spacial score (nSPS) is 17.4. The molecule has 1 heterocycles. The van der Waals surface area contributed by atoms with Crippen molar-refractivity contribution in [2.24, 2.45) is 17.6 Å². The van der Waals surface area contributed by atoms with Crippen LogP contribution in [0.2, 0.25) is 0 Å². The van der Waals surface area contributed by atoms with E-state index in [2.05, 4.69) is 5.32 Å². The zero-order valence-corrected chi connectivity index (χ0v) is 16.4. The molecular formula is C19H29ClFN3O2. The molecule has 1 saturated heterocycles. The molecule has 0 aliphatic carbocycles. The van der Waals surface area contributed by atoms with Crippen molar-refractivity contribution in [3.8, 4) is 0 Å². The van der Waals surface area contributed by atoms with E-state index in [0.717, 1.165) is 12.8 Å². The third-order valence-corrected chi connectivity index (χ3v) is 4.93. The number of hydrogen-bond donors (Lipinski definition) is 2. The molecule has 0 aromatic heterocycles. The fraction of sp³-hybridized carbons (Fsp3) is 0.579. The maximum absolute atomic E-state index is 13.8. The highest BCUT2D eigenvalue weighted by Gasteiger charge is 2.32. The molecule has 26 heavy (non-hydrogen) atoms. The van der Waals surface area contributed by atoms with Crippen LogP contribution in [-0.2, 0) is 4.79 Å². The number of hydrogen-bond acceptors (Lipinski definition) is 3. The number of carbonyl (C=O) groups excluding carboxylic acids is 2. The zero-order valence-electron chi connectivity index (χ0n) is 15.6. The minimum atomic E-state index is -0.668. The summed E-state index contributed by atoms with van der Waals surface area (Å²) in [4.78, 5) is 27.0. The first-order valence-electron chi connectivity index (χ1n) is 8.91. The monoisotopic (exact) mass is 385 g/mol. The molecule has 0 saturated carbocycles. The average molecular weight is 386 g/mol. The second-order valence-corrected chi connectivity index (χ2v) is 7.20. The van der Waals surface area contributed by atoms with Gasteiger partial charge in [-0.1, -0.05) is 26.0 Å². The summed E-state index contributed by atoms with van der Waals surface area (Å²) in [6.07, 6.45) is 1.74. The van der Waals surface area contributed by atoms with Gasteiger partial charge in [-0.3, -0.25) is 9.59 Å². The van der Waals surface area contributed by atoms with Crippen molar-refractivity contribution in [2.75, 3.05) is 13.1 Å². The first-order valence-corrected chi connectivity index (χ1v) is 8.91. The van der Waals surface area contributed by atoms with Gasteiger partial charge in [0, 0.05) is 19.1 Å². The Hall–Kier alpha value is -1.66. The van der Waals surface area contributed by atoms with Gasteiger partial charge in [0.2, 0.25) is 5.91 Å². The highest BCUT2D eigenvalue weighted by atomic mass is 35.5. The molecule has 0 spiro atoms. The fourth-order valence-corrected chi connectivity index (χ4v) is 3.22. The molecule has 2 rings (SSSR count). The number of nitrogens with zero attached hydrogens (tertiary/aromatic N) is 1. The van der Waals surface area contributed by atoms with Gasteiger partial charge in [0.05, 0.1) is 5.56 Å². The first kappa shape index (κ1) is 22.4. The predicted molar refractivity (Wildman–Crippen MR) is 103 cm³/mol. The standard InChI is InChI=1S/C19H28FN3O2.ClH/c1-12(2)17(22-18(24)15-6-4-5-7-16(15)20)19(25)23-10-8-14(9-11-23)13(3)21;/h4-7,12-14,17H,8-11,21H2,1-3H3,(H,22,24);1H. The maximum Gasteiger partial charge on any atom is 0.254 e. The fourth-order valence-electron chi connectivity index (χ4n) is 3.22. The molecule has 0 radical (unpaired) electrons. The number of likely N-dealkylation sites (tertiary alicyclic amines) is 1. The van der Waals surface area contributed by atoms with E-state index in [0.29, 0.717) is 19.0 Å². The second-order valence-electron chi connectivity index (χ2n) is 7.20. The second kappa shape index (κ2) is 9.88. The summed E-state index contributed by atoms with van der Waals surface area (Å²) in [5.74, 6) is -0.921. The lowest BCUT2D eigenvalue weighted by Gasteiger charge is -2.36. The van der Waals surface area contributed by atoms with Crippen LogP contribution in [0.4, 0.5) is 4.39 Å². The third kappa shape index (κ3) is 5.42. The number of rotatable bonds is 5. The summed E-state index contributed by atoms with van der Waals surface area (Å²) >= 11 is 0. The minimum Gasteiger partial charge on any atom is -0.341 e. The molecule has 0 bridgehead atoms. The van der Waals surface area contributed by atoms with Gasteiger partial charge < -0.3 is 16.0 Å². The molecule has 3 N–H and O–H groups in total. The van der Waals surface area contributed by atoms with E-state index in [1.807, 2.05) is 20.8 Å². The Morgan fingerprint density at radius 1 is 1.19 bits per heavy atom. The van der Waals surface area contributed by atoms with Gasteiger partial charge in [0.15, 0.2) is 0 Å². The number of piperidine rings is 1. The van der Waals surface area contributed by atoms with Gasteiger partial charge in [-0.15, -0.1) is 12.4 Å². The van der Waals surface area contributed by atoms with E-state index in [1.54, 1.807) is 11.0 Å². The molecule has 5 nitrogen and oxygen atoms in total. The van der Waals surface area contributed by atoms with Crippen molar-refractivity contribution in [3.05, 3.63) is 35.6 Å². The molecule has 1 aliphatic heterocycles. The van der Waals surface area contributed by atoms with Gasteiger partial charge in [-0.2, -0.15) is 0 Å². The van der Waals surface area contributed by atoms with Crippen molar-refractivity contribution >= 4 is 24.2 Å². The first-order chi connectivity index (χ1) is 11.8. The van der Waals surface area contributed by atoms with Crippen molar-refractivity contribution in [3.63, 3.8) is 0 Å². The Kier molecular flexibility index (Phi) is 8.50. The molecule has 1 fully saturated rings. The molecule has 2 unspecified atom stereocenters. The molecule has 1 aliphatic rings. The predicted octanol–water partition coefficient (Wildman–Crippen LogP) is 2.59. The maximum atomic E-state index is 13.8. The molecular weight excluding hydrogens is 357 g/mol. The molecule has 146 valence electrons. The molecule has 1 aromatic rings. The zero-order chi connectivity index (χ0) is 18.6. The van der Waals surface area contributed by atoms with E-state index in [1.165, 1.54) is 18.2 Å². The summed E-state index contributed by atoms with van der Waals surface area (Å²) in [5.41, 5.74) is 5.90. The molecule has 2 amide bonds. The Labute approximate surface area is 160 Å². The summed E-state index contributed by atoms with van der Waals surface area (Å²) in [7, 11) is 0. The number of nitrogens with one attached hydrogen (secondary N) is 1. The summed E-state index contributed by atoms with van der Waals surface area (Å²) < 4.78 is 13.8. The summed E-state index contributed by atoms with van der Waals surface area (Å²) in [5, 5.41) is 2.71. The number of nitrogens with two attached hydrogens (primary N) is 1. The largest absolute Gasteiger partial charge is 0.341 e. The molecule has 7 heteroatoms. The van der Waals surface area contributed by atoms with Crippen LogP contribution in [0, 0.1) is 17.7 Å². The van der Waals surface area contributed by atoms with Crippen molar-refractivity contribution in [2.45, 2.75) is 45.7 Å². The van der Waals surface area contributed by atoms with Gasteiger partial charge >= 0.3 is 0 Å². The van der Waals surface area contributed by atoms with Crippen molar-refractivity contribution in [1.29, 1.82) is 0 Å². The van der Waals surface area contributed by atoms with Crippen LogP contribution in [0.15, 0.2) is 24.3 Å². The van der Waals surface area contributed by atoms with E-state index in [4.69, 9.17) is 5.73 Å². The highest BCUT2D eigenvalue weighted by Crippen LogP contribution is 2.21. The van der Waals surface area contributed by atoms with Crippen LogP contribution >= 0.6 is 12.4 Å². The highest BCUT2D eigenvalue weighted by molar-refractivity contribution is 5.97. The van der Waals surface area contributed by atoms with Gasteiger partial charge in [-0.25, -0.2) is 4.39 Å². The van der Waals surface area contributed by atoms with Crippen LogP contribution in [0.1, 0.15) is 44.0 Å². The molecule has 2 atom stereocenters. The number of halogens is 2. The van der Waals surface area contributed by atoms with E-state index in [-0.39, 0.29) is 35.8 Å². The summed E-state index contributed by atoms with van der Waals surface area (Å²) in [6.45, 7) is 7.03. The van der Waals surface area contributed by atoms with Gasteiger partial charge in [0.25, 0.3) is 5.91 Å². The lowest BCUT2D eigenvalue weighted by atomic mass is 9.90. The lowest BCUT2D eigenvalue weighted by molar-refractivity contribution is -0.135. The quantitative estimate of drug-likeness (QED) is 0.818. The van der Waals surface area contributed by atoms with E-state index < -0.39 is 17.8 Å². The number of benzene rings is 1. The minimum absolute atomic E-state index is 0. The van der Waals surface area contributed by atoms with Crippen LogP contribution in [0.5, 0.6) is 0 Å². The van der Waals surface area contributed by atoms with Gasteiger partial charge in [-0.05, 0) is 43.7 Å². The number of carbonyl (C=O) groups is 2. The van der Waals surface area contributed by atoms with E-state index in [9.17, 15) is 14.0 Å². The van der Waals surface area contributed by atoms with Gasteiger partial charge in [0.1, 0.15) is 11.9 Å². The van der Waals surface area contributed by atoms with Crippen LogP contribution < -0.4 is 11.1 Å². The summed E-state index contributed by atoms with van der Waals surface area (Å²) in [6, 6.07) is 5.24. The Morgan fingerprint density at radius 2 is 1.77 bits per heavy atom. The smallest absolute Gasteiger partial charge is 0.254 e. The van der Waals surface area contributed by atoms with Crippen molar-refractivity contribution < 1.29 is 14.0 Å². The van der Waals surface area contributed by atoms with Crippen molar-refractivity contribution in [1.82, 2.24) is 10.2 Å². The third-order valence-electron chi connectivity index (χ3n) is 4.93. The Balaban J connectivity index is 0.00000338. The van der Waals surface area contributed by atoms with Crippen LogP contribution in [0.3, 0.4) is 0 Å². The lowest BCUT2D eigenvalue weighted by Crippen LogP contribution is -2.53. The average Bonchev–Trinajstić information content (AvgIpc) is 2.59. The van der Waals surface area contributed by atoms with Crippen LogP contribution in [0.25, 0.3) is 0 Å². The SMILES string of the molecule is CC(C)C(NC(=O)c1ccccc1F)C(=O)N1CCC(C(C)N)CC1.Cl. The number of amides is 2.